The number of carbonyl (C=O) groups excluding carboxylic acids is 1. The third-order valence-electron chi connectivity index (χ3n) is 10.1. The molecule has 2 fully saturated rings. The first-order valence-electron chi connectivity index (χ1n) is 17.7. The molecule has 12 heteroatoms. The molecule has 280 valence electrons. The molecule has 2 unspecified atom stereocenters. The summed E-state index contributed by atoms with van der Waals surface area (Å²) in [6.45, 7) is 8.26. The van der Waals surface area contributed by atoms with Crippen LogP contribution in [0.1, 0.15) is 44.4 Å². The van der Waals surface area contributed by atoms with Gasteiger partial charge < -0.3 is 33.0 Å². The highest BCUT2D eigenvalue weighted by Crippen LogP contribution is 2.37. The number of benzene rings is 4. The number of hydrogen-bond donors (Lipinski definition) is 0. The Kier molecular flexibility index (Phi) is 12.2. The predicted octanol–water partition coefficient (Wildman–Crippen LogP) is 5.46. The van der Waals surface area contributed by atoms with Gasteiger partial charge in [0.25, 0.3) is 0 Å². The van der Waals surface area contributed by atoms with Gasteiger partial charge in [-0.05, 0) is 62.0 Å². The van der Waals surface area contributed by atoms with E-state index in [-0.39, 0.29) is 24.7 Å². The summed E-state index contributed by atoms with van der Waals surface area (Å²) >= 11 is 0. The minimum Gasteiger partial charge on any atom is -0.467 e. The zero-order valence-corrected chi connectivity index (χ0v) is 31.6. The third-order valence-corrected chi connectivity index (χ3v) is 11.8. The molecule has 0 saturated carbocycles. The molecule has 0 amide bonds. The van der Waals surface area contributed by atoms with Crippen molar-refractivity contribution in [3.05, 3.63) is 132 Å². The van der Waals surface area contributed by atoms with Crippen molar-refractivity contribution in [1.82, 2.24) is 0 Å². The Bertz CT molecular complexity index is 1870. The first-order chi connectivity index (χ1) is 25.4. The maximum atomic E-state index is 14.2. The maximum absolute atomic E-state index is 14.2. The lowest BCUT2D eigenvalue weighted by Gasteiger charge is -2.45. The molecule has 0 N–H and O–H groups in total. The molecule has 2 saturated heterocycles. The molecule has 53 heavy (non-hydrogen) atoms. The van der Waals surface area contributed by atoms with Crippen molar-refractivity contribution in [1.29, 1.82) is 0 Å². The molecular formula is C41H47BO10S. The van der Waals surface area contributed by atoms with Gasteiger partial charge >= 0.3 is 13.1 Å². The largest absolute Gasteiger partial charge is 0.494 e. The molecule has 4 aromatic carbocycles. The highest BCUT2D eigenvalue weighted by atomic mass is 32.2. The smallest absolute Gasteiger partial charge is 0.467 e. The molecule has 2 aliphatic heterocycles. The number of sulfone groups is 1. The van der Waals surface area contributed by atoms with Gasteiger partial charge in [-0.2, -0.15) is 0 Å². The lowest BCUT2D eigenvalue weighted by atomic mass is 9.79. The van der Waals surface area contributed by atoms with Gasteiger partial charge in [0, 0.05) is 0 Å². The topological polar surface area (TPSA) is 116 Å². The Morgan fingerprint density at radius 2 is 1.08 bits per heavy atom. The molecule has 2 aliphatic rings. The molecule has 0 radical (unpaired) electrons. The second-order valence-corrected chi connectivity index (χ2v) is 16.4. The van der Waals surface area contributed by atoms with Gasteiger partial charge in [-0.25, -0.2) is 13.2 Å². The van der Waals surface area contributed by atoms with E-state index in [0.29, 0.717) is 5.46 Å². The Morgan fingerprint density at radius 1 is 0.642 bits per heavy atom. The summed E-state index contributed by atoms with van der Waals surface area (Å²) in [6, 6.07) is 35.0. The lowest BCUT2D eigenvalue weighted by molar-refractivity contribution is -0.261. The van der Waals surface area contributed by atoms with Crippen LogP contribution in [0.3, 0.4) is 0 Å². The predicted molar refractivity (Wildman–Crippen MR) is 200 cm³/mol. The van der Waals surface area contributed by atoms with E-state index in [1.54, 1.807) is 12.1 Å². The average Bonchev–Trinajstić information content (AvgIpc) is 3.39. The summed E-state index contributed by atoms with van der Waals surface area (Å²) in [7, 11) is -3.41. The molecule has 10 nitrogen and oxygen atoms in total. The van der Waals surface area contributed by atoms with Crippen molar-refractivity contribution in [3.63, 3.8) is 0 Å². The SMILES string of the molecule is COC(=O)C1OC(CS(=O)(=O)c2ccc(B3OC(C)(C)C(C)(C)O3)cc2)[C@@H](OCc2ccccc2)[C@@H](OCc2ccccc2)[C@@H]1OCc1ccccc1. The molecular weight excluding hydrogens is 695 g/mol. The molecule has 5 atom stereocenters. The quantitative estimate of drug-likeness (QED) is 0.122. The van der Waals surface area contributed by atoms with E-state index in [0.717, 1.165) is 16.7 Å². The van der Waals surface area contributed by atoms with Crippen LogP contribution in [-0.4, -0.2) is 76.1 Å². The summed E-state index contributed by atoms with van der Waals surface area (Å²) in [5.41, 5.74) is 2.21. The molecule has 2 heterocycles. The molecule has 0 aliphatic carbocycles. The third kappa shape index (κ3) is 9.26. The summed E-state index contributed by atoms with van der Waals surface area (Å²) in [6.07, 6.45) is -5.38. The first-order valence-corrected chi connectivity index (χ1v) is 19.4. The lowest BCUT2D eigenvalue weighted by Crippen LogP contribution is -2.63. The van der Waals surface area contributed by atoms with Crippen LogP contribution < -0.4 is 5.46 Å². The van der Waals surface area contributed by atoms with Crippen molar-refractivity contribution >= 4 is 28.4 Å². The van der Waals surface area contributed by atoms with Gasteiger partial charge in [0.1, 0.15) is 24.4 Å². The van der Waals surface area contributed by atoms with Crippen LogP contribution in [0.5, 0.6) is 0 Å². The number of ether oxygens (including phenoxy) is 5. The second kappa shape index (κ2) is 16.6. The van der Waals surface area contributed by atoms with Gasteiger partial charge in [0.15, 0.2) is 15.9 Å². The standard InChI is InChI=1S/C41H47BO10S/c1-40(2)41(3,4)52-42(51-40)32-21-23-33(24-22-32)53(44,45)28-34-35(47-25-29-15-9-6-10-16-29)36(48-26-30-17-11-7-12-18-30)37(38(50-34)39(43)46-5)49-27-31-19-13-8-14-20-31/h6-24,34-38H,25-28H2,1-5H3/t34?,35-,36-,37+,38?/m1/s1. The summed E-state index contributed by atoms with van der Waals surface area (Å²) < 4.78 is 71.9. The highest BCUT2D eigenvalue weighted by Gasteiger charge is 2.53. The average molecular weight is 743 g/mol. The number of carbonyl (C=O) groups is 1. The highest BCUT2D eigenvalue weighted by molar-refractivity contribution is 7.91. The van der Waals surface area contributed by atoms with E-state index in [1.165, 1.54) is 19.2 Å². The Labute approximate surface area is 312 Å². The number of esters is 1. The molecule has 4 aromatic rings. The van der Waals surface area contributed by atoms with E-state index in [1.807, 2.05) is 119 Å². The molecule has 0 bridgehead atoms. The van der Waals surface area contributed by atoms with Crippen molar-refractivity contribution in [2.24, 2.45) is 0 Å². The first kappa shape index (κ1) is 38.8. The van der Waals surface area contributed by atoms with Crippen molar-refractivity contribution < 1.29 is 46.2 Å². The van der Waals surface area contributed by atoms with Crippen LogP contribution in [0, 0.1) is 0 Å². The summed E-state index contributed by atoms with van der Waals surface area (Å²) in [5, 5.41) is 0. The van der Waals surface area contributed by atoms with Crippen molar-refractivity contribution in [2.45, 2.75) is 94.1 Å². The van der Waals surface area contributed by atoms with Crippen LogP contribution in [-0.2, 0) is 67.4 Å². The zero-order chi connectivity index (χ0) is 37.6. The van der Waals surface area contributed by atoms with Crippen LogP contribution in [0.15, 0.2) is 120 Å². The van der Waals surface area contributed by atoms with E-state index in [9.17, 15) is 13.2 Å². The summed E-state index contributed by atoms with van der Waals surface area (Å²) in [5.74, 6) is -1.22. The van der Waals surface area contributed by atoms with Crippen molar-refractivity contribution in [3.8, 4) is 0 Å². The Balaban J connectivity index is 1.32. The Hall–Kier alpha value is -3.88. The fourth-order valence-corrected chi connectivity index (χ4v) is 7.80. The van der Waals surface area contributed by atoms with Crippen molar-refractivity contribution in [2.75, 3.05) is 12.9 Å². The van der Waals surface area contributed by atoms with E-state index >= 15 is 0 Å². The van der Waals surface area contributed by atoms with E-state index < -0.39 is 70.4 Å². The van der Waals surface area contributed by atoms with Gasteiger partial charge in [0.2, 0.25) is 0 Å². The molecule has 0 aromatic heterocycles. The van der Waals surface area contributed by atoms with Crippen LogP contribution >= 0.6 is 0 Å². The Morgan fingerprint density at radius 3 is 1.53 bits per heavy atom. The minimum atomic E-state index is -4.02. The van der Waals surface area contributed by atoms with Gasteiger partial charge in [0.05, 0.1) is 48.8 Å². The number of methoxy groups -OCH3 is 1. The monoisotopic (exact) mass is 742 g/mol. The van der Waals surface area contributed by atoms with Crippen LogP contribution in [0.4, 0.5) is 0 Å². The molecule has 0 spiro atoms. The zero-order valence-electron chi connectivity index (χ0n) is 30.8. The fourth-order valence-electron chi connectivity index (χ4n) is 6.35. The molecule has 6 rings (SSSR count). The minimum absolute atomic E-state index is 0.0713. The number of rotatable bonds is 14. The second-order valence-electron chi connectivity index (χ2n) is 14.3. The van der Waals surface area contributed by atoms with Crippen LogP contribution in [0.25, 0.3) is 0 Å². The van der Waals surface area contributed by atoms with E-state index in [4.69, 9.17) is 33.0 Å². The van der Waals surface area contributed by atoms with Crippen LogP contribution in [0.2, 0.25) is 0 Å². The fraction of sp³-hybridized carbons (Fsp3) is 0.390. The van der Waals surface area contributed by atoms with Gasteiger partial charge in [-0.1, -0.05) is 103 Å². The summed E-state index contributed by atoms with van der Waals surface area (Å²) in [4.78, 5) is 13.5. The van der Waals surface area contributed by atoms with E-state index in [2.05, 4.69) is 0 Å². The van der Waals surface area contributed by atoms with Gasteiger partial charge in [-0.3, -0.25) is 0 Å². The normalized spacial score (nSPS) is 23.8. The maximum Gasteiger partial charge on any atom is 0.494 e. The van der Waals surface area contributed by atoms with Gasteiger partial charge in [-0.15, -0.1) is 0 Å². The number of hydrogen-bond acceptors (Lipinski definition) is 10.